The van der Waals surface area contributed by atoms with Gasteiger partial charge in [-0.05, 0) is 29.3 Å². The monoisotopic (exact) mass is 651 g/mol. The number of pyridine rings is 2. The molecule has 0 aliphatic carbocycles. The molecule has 0 fully saturated rings. The van der Waals surface area contributed by atoms with Crippen LogP contribution in [0.2, 0.25) is 0 Å². The van der Waals surface area contributed by atoms with Crippen LogP contribution in [-0.2, 0) is 0 Å². The summed E-state index contributed by atoms with van der Waals surface area (Å²) in [5.74, 6) is 0.714. The van der Waals surface area contributed by atoms with E-state index in [9.17, 15) is 0 Å². The Kier molecular flexibility index (Phi) is 6.74. The zero-order valence-corrected chi connectivity index (χ0v) is 27.5. The van der Waals surface area contributed by atoms with Gasteiger partial charge in [-0.2, -0.15) is 0 Å². The molecule has 0 aliphatic heterocycles. The second-order valence-electron chi connectivity index (χ2n) is 12.7. The Morgan fingerprint density at radius 1 is 0.353 bits per heavy atom. The van der Waals surface area contributed by atoms with E-state index in [1.54, 1.807) is 0 Å². The molecule has 238 valence electrons. The van der Waals surface area contributed by atoms with Crippen LogP contribution in [0.5, 0.6) is 0 Å². The normalized spacial score (nSPS) is 11.5. The van der Waals surface area contributed by atoms with Crippen molar-refractivity contribution in [2.24, 2.45) is 0 Å². The molecule has 4 aromatic heterocycles. The Hall–Kier alpha value is -6.98. The molecule has 0 spiro atoms. The molecule has 10 aromatic rings. The van der Waals surface area contributed by atoms with Crippen molar-refractivity contribution in [1.29, 1.82) is 0 Å². The van der Waals surface area contributed by atoms with Gasteiger partial charge in [0.25, 0.3) is 0 Å². The fourth-order valence-electron chi connectivity index (χ4n) is 7.10. The van der Waals surface area contributed by atoms with Crippen LogP contribution >= 0.6 is 0 Å². The summed E-state index contributed by atoms with van der Waals surface area (Å²) >= 11 is 0. The quantitative estimate of drug-likeness (QED) is 0.174. The van der Waals surface area contributed by atoms with Crippen LogP contribution in [-0.4, -0.2) is 24.3 Å². The average molecular weight is 652 g/mol. The van der Waals surface area contributed by atoms with Crippen molar-refractivity contribution in [3.05, 3.63) is 176 Å². The average Bonchev–Trinajstić information content (AvgIpc) is 3.66. The van der Waals surface area contributed by atoms with Gasteiger partial charge in [0.1, 0.15) is 5.65 Å². The number of hydrogen-bond donors (Lipinski definition) is 0. The fourth-order valence-corrected chi connectivity index (χ4v) is 7.10. The summed E-state index contributed by atoms with van der Waals surface area (Å²) in [5.41, 5.74) is 12.1. The van der Waals surface area contributed by atoms with E-state index in [-0.39, 0.29) is 0 Å². The highest BCUT2D eigenvalue weighted by Crippen LogP contribution is 2.37. The van der Waals surface area contributed by atoms with Gasteiger partial charge in [-0.3, -0.25) is 0 Å². The Bertz CT molecular complexity index is 2880. The third kappa shape index (κ3) is 5.03. The zero-order valence-electron chi connectivity index (χ0n) is 27.5. The lowest BCUT2D eigenvalue weighted by atomic mass is 9.98. The summed E-state index contributed by atoms with van der Waals surface area (Å²) in [6.45, 7) is 0. The van der Waals surface area contributed by atoms with Gasteiger partial charge in [0.2, 0.25) is 0 Å². The number of fused-ring (bicyclic) bond motifs is 6. The van der Waals surface area contributed by atoms with Gasteiger partial charge >= 0.3 is 0 Å². The first kappa shape index (κ1) is 29.0. The number of hydrogen-bond acceptors (Lipinski definition) is 4. The maximum absolute atomic E-state index is 5.19. The molecule has 0 radical (unpaired) electrons. The maximum Gasteiger partial charge on any atom is 0.160 e. The predicted molar refractivity (Wildman–Crippen MR) is 208 cm³/mol. The van der Waals surface area contributed by atoms with Crippen LogP contribution in [0.1, 0.15) is 0 Å². The smallest absolute Gasteiger partial charge is 0.160 e. The standard InChI is InChI=1S/C46H29N5/c1-3-11-32(12-4-1)41-29-51-28-27-38-42(46(51)49-41)36-15-7-9-17-39(36)47-44(38)34-23-19-30(20-24-34)31-21-25-35(26-22-31)45-48-40-18-10-8-16-37(40)43(50-45)33-13-5-2-6-14-33/h1-29H. The van der Waals surface area contributed by atoms with Crippen molar-refractivity contribution >= 4 is 38.2 Å². The van der Waals surface area contributed by atoms with Gasteiger partial charge < -0.3 is 4.40 Å². The third-order valence-electron chi connectivity index (χ3n) is 9.64. The molecule has 4 heterocycles. The minimum atomic E-state index is 0.714. The number of rotatable bonds is 5. The summed E-state index contributed by atoms with van der Waals surface area (Å²) < 4.78 is 2.12. The van der Waals surface area contributed by atoms with Crippen LogP contribution in [0.3, 0.4) is 0 Å². The molecule has 51 heavy (non-hydrogen) atoms. The Morgan fingerprint density at radius 2 is 0.882 bits per heavy atom. The van der Waals surface area contributed by atoms with Crippen molar-refractivity contribution in [2.45, 2.75) is 0 Å². The molecule has 0 bridgehead atoms. The van der Waals surface area contributed by atoms with Gasteiger partial charge in [-0.15, -0.1) is 0 Å². The number of para-hydroxylation sites is 2. The van der Waals surface area contributed by atoms with E-state index >= 15 is 0 Å². The van der Waals surface area contributed by atoms with Gasteiger partial charge in [-0.1, -0.05) is 146 Å². The van der Waals surface area contributed by atoms with E-state index in [1.807, 2.05) is 54.6 Å². The fraction of sp³-hybridized carbons (Fsp3) is 0. The van der Waals surface area contributed by atoms with Crippen LogP contribution in [0.4, 0.5) is 0 Å². The van der Waals surface area contributed by atoms with Gasteiger partial charge in [0, 0.05) is 56.2 Å². The van der Waals surface area contributed by atoms with Crippen molar-refractivity contribution in [3.8, 4) is 56.3 Å². The minimum absolute atomic E-state index is 0.714. The molecule has 5 heteroatoms. The molecule has 0 N–H and O–H groups in total. The Morgan fingerprint density at radius 3 is 1.59 bits per heavy atom. The molecule has 0 saturated carbocycles. The van der Waals surface area contributed by atoms with Crippen molar-refractivity contribution in [3.63, 3.8) is 0 Å². The molecule has 0 aliphatic rings. The largest absolute Gasteiger partial charge is 0.306 e. The van der Waals surface area contributed by atoms with E-state index in [0.717, 1.165) is 88.7 Å². The van der Waals surface area contributed by atoms with Gasteiger partial charge in [0.05, 0.1) is 28.1 Å². The molecule has 10 rings (SSSR count). The number of benzene rings is 6. The molecule has 0 unspecified atom stereocenters. The lowest BCUT2D eigenvalue weighted by Gasteiger charge is -2.12. The second-order valence-corrected chi connectivity index (χ2v) is 12.7. The van der Waals surface area contributed by atoms with E-state index in [0.29, 0.717) is 5.82 Å². The highest BCUT2D eigenvalue weighted by Gasteiger charge is 2.16. The lowest BCUT2D eigenvalue weighted by molar-refractivity contribution is 1.20. The van der Waals surface area contributed by atoms with Gasteiger partial charge in [-0.25, -0.2) is 19.9 Å². The summed E-state index contributed by atoms with van der Waals surface area (Å²) in [4.78, 5) is 20.3. The Labute approximate surface area is 294 Å². The predicted octanol–water partition coefficient (Wildman–Crippen LogP) is 11.3. The van der Waals surface area contributed by atoms with Crippen molar-refractivity contribution < 1.29 is 0 Å². The maximum atomic E-state index is 5.19. The van der Waals surface area contributed by atoms with Crippen molar-refractivity contribution in [2.75, 3.05) is 0 Å². The first-order valence-electron chi connectivity index (χ1n) is 17.1. The molecule has 0 amide bonds. The Balaban J connectivity index is 1.02. The number of nitrogens with zero attached hydrogens (tertiary/aromatic N) is 5. The van der Waals surface area contributed by atoms with Gasteiger partial charge in [0.15, 0.2) is 5.82 Å². The highest BCUT2D eigenvalue weighted by molar-refractivity contribution is 6.16. The van der Waals surface area contributed by atoms with Crippen LogP contribution in [0.15, 0.2) is 176 Å². The van der Waals surface area contributed by atoms with E-state index < -0.39 is 0 Å². The van der Waals surface area contributed by atoms with E-state index in [2.05, 4.69) is 126 Å². The minimum Gasteiger partial charge on any atom is -0.306 e. The molecular weight excluding hydrogens is 623 g/mol. The van der Waals surface area contributed by atoms with Crippen LogP contribution in [0, 0.1) is 0 Å². The highest BCUT2D eigenvalue weighted by atomic mass is 15.0. The summed E-state index contributed by atoms with van der Waals surface area (Å²) in [6, 6.07) is 56.6. The van der Waals surface area contributed by atoms with Crippen molar-refractivity contribution in [1.82, 2.24) is 24.3 Å². The first-order valence-corrected chi connectivity index (χ1v) is 17.1. The SMILES string of the molecule is c1ccc(-c2cn3ccc4c(-c5ccc(-c6ccc(-c7nc(-c8ccccc8)c8ccccc8n7)cc6)cc5)nc5ccccc5c4c3n2)cc1. The van der Waals surface area contributed by atoms with Crippen LogP contribution < -0.4 is 0 Å². The second kappa shape index (κ2) is 11.9. The molecule has 5 nitrogen and oxygen atoms in total. The topological polar surface area (TPSA) is 56.0 Å². The zero-order chi connectivity index (χ0) is 33.7. The molecular formula is C46H29N5. The molecule has 0 saturated heterocycles. The van der Waals surface area contributed by atoms with Crippen LogP contribution in [0.25, 0.3) is 94.5 Å². The summed E-state index contributed by atoms with van der Waals surface area (Å²) in [6.07, 6.45) is 4.20. The van der Waals surface area contributed by atoms with E-state index in [1.165, 1.54) is 0 Å². The summed E-state index contributed by atoms with van der Waals surface area (Å²) in [7, 11) is 0. The van der Waals surface area contributed by atoms with E-state index in [4.69, 9.17) is 19.9 Å². The molecule has 0 atom stereocenters. The number of imidazole rings is 1. The summed E-state index contributed by atoms with van der Waals surface area (Å²) in [5, 5.41) is 4.32. The third-order valence-corrected chi connectivity index (χ3v) is 9.64. The molecule has 6 aromatic carbocycles. The number of aromatic nitrogens is 5. The first-order chi connectivity index (χ1) is 25.3. The lowest BCUT2D eigenvalue weighted by Crippen LogP contribution is -1.95.